The average molecular weight is 208 g/mol. The molecule has 0 aliphatic carbocycles. The van der Waals surface area contributed by atoms with Crippen LogP contribution in [0.5, 0.6) is 0 Å². The first-order valence-corrected chi connectivity index (χ1v) is 4.39. The van der Waals surface area contributed by atoms with E-state index in [4.69, 9.17) is 10.8 Å². The normalized spacial score (nSPS) is 12.5. The Labute approximate surface area is 87.2 Å². The summed E-state index contributed by atoms with van der Waals surface area (Å²) in [5, 5.41) is 8.43. The molecule has 0 saturated heterocycles. The Morgan fingerprint density at radius 3 is 2.40 bits per heavy atom. The second kappa shape index (κ2) is 5.64. The van der Waals surface area contributed by atoms with Gasteiger partial charge in [-0.15, -0.1) is 0 Å². The number of aliphatic imine (C=N–C) groups is 1. The molecule has 15 heavy (non-hydrogen) atoms. The van der Waals surface area contributed by atoms with Crippen molar-refractivity contribution in [2.24, 2.45) is 4.99 Å². The van der Waals surface area contributed by atoms with Gasteiger partial charge in [0.15, 0.2) is 6.40 Å². The molecule has 0 atom stereocenters. The zero-order valence-electron chi connectivity index (χ0n) is 8.09. The number of carboxylic acid groups (broad SMARTS) is 1. The van der Waals surface area contributed by atoms with Crippen molar-refractivity contribution in [2.75, 3.05) is 18.9 Å². The number of hydrogen-bond donors (Lipinski definition) is 2. The van der Waals surface area contributed by atoms with E-state index in [0.717, 1.165) is 13.2 Å². The van der Waals surface area contributed by atoms with Crippen molar-refractivity contribution in [3.05, 3.63) is 29.8 Å². The number of carbonyl (C=O) groups is 1. The summed E-state index contributed by atoms with van der Waals surface area (Å²) in [5.74, 6) is -0.931. The number of anilines is 1. The Balaban J connectivity index is 0.000000187. The van der Waals surface area contributed by atoms with Crippen LogP contribution in [0.4, 0.5) is 5.69 Å². The van der Waals surface area contributed by atoms with Crippen LogP contribution in [0.3, 0.4) is 0 Å². The Morgan fingerprint density at radius 2 is 2.07 bits per heavy atom. The van der Waals surface area contributed by atoms with Crippen LogP contribution < -0.4 is 5.73 Å². The lowest BCUT2D eigenvalue weighted by molar-refractivity contribution is 0.0697. The number of ether oxygens (including phenoxy) is 1. The van der Waals surface area contributed by atoms with E-state index in [1.54, 1.807) is 12.1 Å². The van der Waals surface area contributed by atoms with Crippen molar-refractivity contribution < 1.29 is 14.6 Å². The largest absolute Gasteiger partial charge is 0.482 e. The third kappa shape index (κ3) is 4.12. The van der Waals surface area contributed by atoms with Gasteiger partial charge in [0.05, 0.1) is 12.1 Å². The predicted octanol–water partition coefficient (Wildman–Crippen LogP) is 1.01. The van der Waals surface area contributed by atoms with Gasteiger partial charge in [-0.2, -0.15) is 0 Å². The molecule has 5 nitrogen and oxygen atoms in total. The predicted molar refractivity (Wildman–Crippen MR) is 57.1 cm³/mol. The third-order valence-electron chi connectivity index (χ3n) is 1.64. The molecule has 80 valence electrons. The van der Waals surface area contributed by atoms with E-state index in [2.05, 4.69) is 9.73 Å². The van der Waals surface area contributed by atoms with Crippen molar-refractivity contribution >= 4 is 18.1 Å². The summed E-state index contributed by atoms with van der Waals surface area (Å²) < 4.78 is 4.65. The second-order valence-electron chi connectivity index (χ2n) is 2.81. The van der Waals surface area contributed by atoms with Gasteiger partial charge in [0.25, 0.3) is 0 Å². The lowest BCUT2D eigenvalue weighted by atomic mass is 10.2. The maximum atomic E-state index is 10.3. The molecule has 1 aliphatic rings. The van der Waals surface area contributed by atoms with Gasteiger partial charge in [0.1, 0.15) is 6.61 Å². The number of aromatic carboxylic acids is 1. The molecule has 2 rings (SSSR count). The summed E-state index contributed by atoms with van der Waals surface area (Å²) in [6, 6.07) is 6.06. The van der Waals surface area contributed by atoms with Crippen LogP contribution in [0.15, 0.2) is 29.3 Å². The zero-order chi connectivity index (χ0) is 11.1. The second-order valence-corrected chi connectivity index (χ2v) is 2.81. The zero-order valence-corrected chi connectivity index (χ0v) is 8.09. The van der Waals surface area contributed by atoms with Gasteiger partial charge in [-0.3, -0.25) is 4.99 Å². The Bertz CT molecular complexity index is 340. The fourth-order valence-electron chi connectivity index (χ4n) is 0.889. The highest BCUT2D eigenvalue weighted by Crippen LogP contribution is 2.04. The van der Waals surface area contributed by atoms with Gasteiger partial charge in [0.2, 0.25) is 0 Å². The quantitative estimate of drug-likeness (QED) is 0.674. The highest BCUT2D eigenvalue weighted by atomic mass is 16.5. The third-order valence-corrected chi connectivity index (χ3v) is 1.64. The summed E-state index contributed by atoms with van der Waals surface area (Å²) >= 11 is 0. The van der Waals surface area contributed by atoms with Crippen molar-refractivity contribution in [3.8, 4) is 0 Å². The van der Waals surface area contributed by atoms with Crippen LogP contribution in [0, 0.1) is 0 Å². The van der Waals surface area contributed by atoms with Gasteiger partial charge in [-0.1, -0.05) is 0 Å². The van der Waals surface area contributed by atoms with Gasteiger partial charge < -0.3 is 15.6 Å². The molecule has 0 spiro atoms. The van der Waals surface area contributed by atoms with E-state index in [0.29, 0.717) is 5.69 Å². The van der Waals surface area contributed by atoms with Gasteiger partial charge in [-0.25, -0.2) is 4.79 Å². The fraction of sp³-hybridized carbons (Fsp3) is 0.200. The lowest BCUT2D eigenvalue weighted by Gasteiger charge is -1.93. The van der Waals surface area contributed by atoms with E-state index in [1.807, 2.05) is 0 Å². The molecule has 0 unspecified atom stereocenters. The molecular weight excluding hydrogens is 196 g/mol. The number of nitrogens with zero attached hydrogens (tertiary/aromatic N) is 1. The molecule has 1 aromatic carbocycles. The molecule has 1 aromatic rings. The topological polar surface area (TPSA) is 84.9 Å². The summed E-state index contributed by atoms with van der Waals surface area (Å²) in [4.78, 5) is 14.0. The van der Waals surface area contributed by atoms with Gasteiger partial charge in [-0.05, 0) is 24.3 Å². The molecule has 3 N–H and O–H groups in total. The Morgan fingerprint density at radius 1 is 1.40 bits per heavy atom. The van der Waals surface area contributed by atoms with E-state index >= 15 is 0 Å². The van der Waals surface area contributed by atoms with Crippen LogP contribution in [-0.4, -0.2) is 30.6 Å². The highest BCUT2D eigenvalue weighted by molar-refractivity contribution is 5.87. The van der Waals surface area contributed by atoms with Gasteiger partial charge in [0, 0.05) is 5.69 Å². The summed E-state index contributed by atoms with van der Waals surface area (Å²) in [7, 11) is 0. The van der Waals surface area contributed by atoms with Crippen molar-refractivity contribution in [2.45, 2.75) is 0 Å². The summed E-state index contributed by atoms with van der Waals surface area (Å²) in [6.45, 7) is 1.62. The monoisotopic (exact) mass is 208 g/mol. The molecule has 0 radical (unpaired) electrons. The number of nitrogens with two attached hydrogens (primary N) is 1. The molecule has 1 heterocycles. The van der Waals surface area contributed by atoms with Crippen molar-refractivity contribution in [1.82, 2.24) is 0 Å². The maximum absolute atomic E-state index is 10.3. The number of nitrogen functional groups attached to an aromatic ring is 1. The molecule has 5 heteroatoms. The number of benzene rings is 1. The van der Waals surface area contributed by atoms with Crippen LogP contribution in [0.1, 0.15) is 10.4 Å². The molecule has 0 fully saturated rings. The van der Waals surface area contributed by atoms with E-state index in [-0.39, 0.29) is 5.56 Å². The molecule has 0 amide bonds. The minimum Gasteiger partial charge on any atom is -0.482 e. The number of carboxylic acids is 1. The van der Waals surface area contributed by atoms with E-state index in [1.165, 1.54) is 18.5 Å². The first kappa shape index (κ1) is 11.0. The first-order chi connectivity index (χ1) is 7.20. The molecule has 0 saturated carbocycles. The SMILES string of the molecule is C1=NCCO1.Nc1ccc(C(=O)O)cc1. The van der Waals surface area contributed by atoms with Crippen LogP contribution in [0.2, 0.25) is 0 Å². The van der Waals surface area contributed by atoms with Crippen molar-refractivity contribution in [1.29, 1.82) is 0 Å². The lowest BCUT2D eigenvalue weighted by Crippen LogP contribution is -1.95. The van der Waals surface area contributed by atoms with Crippen LogP contribution in [-0.2, 0) is 4.74 Å². The molecule has 0 aromatic heterocycles. The summed E-state index contributed by atoms with van der Waals surface area (Å²) in [6.07, 6.45) is 1.49. The minimum absolute atomic E-state index is 0.259. The van der Waals surface area contributed by atoms with Crippen LogP contribution >= 0.6 is 0 Å². The van der Waals surface area contributed by atoms with Crippen molar-refractivity contribution in [3.63, 3.8) is 0 Å². The van der Waals surface area contributed by atoms with Gasteiger partial charge >= 0.3 is 5.97 Å². The molecule has 0 bridgehead atoms. The average Bonchev–Trinajstić information content (AvgIpc) is 2.76. The summed E-state index contributed by atoms with van der Waals surface area (Å²) in [5.41, 5.74) is 6.17. The number of hydrogen-bond acceptors (Lipinski definition) is 4. The first-order valence-electron chi connectivity index (χ1n) is 4.39. The Hall–Kier alpha value is -2.04. The van der Waals surface area contributed by atoms with E-state index in [9.17, 15) is 4.79 Å². The number of rotatable bonds is 1. The minimum atomic E-state index is -0.931. The van der Waals surface area contributed by atoms with E-state index < -0.39 is 5.97 Å². The smallest absolute Gasteiger partial charge is 0.335 e. The standard InChI is InChI=1S/C7H7NO2.C3H5NO/c8-6-3-1-5(2-4-6)7(9)10;1-2-5-3-4-1/h1-4H,8H2,(H,9,10);3H,1-2H2. The Kier molecular flexibility index (Phi) is 4.15. The van der Waals surface area contributed by atoms with Crippen LogP contribution in [0.25, 0.3) is 0 Å². The maximum Gasteiger partial charge on any atom is 0.335 e. The fourth-order valence-corrected chi connectivity index (χ4v) is 0.889. The molecule has 1 aliphatic heterocycles. The highest BCUT2D eigenvalue weighted by Gasteiger charge is 1.98. The molecular formula is C10H12N2O3.